The molecule has 1 aliphatic rings. The zero-order valence-corrected chi connectivity index (χ0v) is 13.5. The van der Waals surface area contributed by atoms with Crippen LogP contribution in [0.4, 0.5) is 0 Å². The first-order valence-corrected chi connectivity index (χ1v) is 7.96. The van der Waals surface area contributed by atoms with Gasteiger partial charge in [-0.15, -0.1) is 0 Å². The Balaban J connectivity index is 1.98. The van der Waals surface area contributed by atoms with E-state index in [1.165, 1.54) is 11.3 Å². The summed E-state index contributed by atoms with van der Waals surface area (Å²) in [6, 6.07) is 0.677. The van der Waals surface area contributed by atoms with Crippen LogP contribution in [0, 0.1) is 19.8 Å². The maximum atomic E-state index is 11.0. The summed E-state index contributed by atoms with van der Waals surface area (Å²) in [4.78, 5) is 11.0. The lowest BCUT2D eigenvalue weighted by Crippen LogP contribution is -2.36. The summed E-state index contributed by atoms with van der Waals surface area (Å²) in [5.41, 5.74) is 3.61. The smallest absolute Gasteiger partial charge is 0.306 e. The second-order valence-electron chi connectivity index (χ2n) is 6.18. The Labute approximate surface area is 126 Å². The Morgan fingerprint density at radius 2 is 2.00 bits per heavy atom. The number of hydrogen-bond donors (Lipinski definition) is 2. The molecule has 5 nitrogen and oxygen atoms in total. The molecule has 1 aromatic heterocycles. The van der Waals surface area contributed by atoms with Crippen LogP contribution in [0.5, 0.6) is 0 Å². The molecule has 21 heavy (non-hydrogen) atoms. The monoisotopic (exact) mass is 293 g/mol. The second-order valence-corrected chi connectivity index (χ2v) is 6.18. The second kappa shape index (κ2) is 6.60. The highest BCUT2D eigenvalue weighted by molar-refractivity contribution is 5.70. The molecule has 5 heteroatoms. The van der Waals surface area contributed by atoms with E-state index in [1.54, 1.807) is 0 Å². The van der Waals surface area contributed by atoms with Gasteiger partial charge in [0.1, 0.15) is 0 Å². The summed E-state index contributed by atoms with van der Waals surface area (Å²) in [5.74, 6) is -0.790. The summed E-state index contributed by atoms with van der Waals surface area (Å²) in [7, 11) is 0. The van der Waals surface area contributed by atoms with Crippen molar-refractivity contribution in [3.8, 4) is 0 Å². The van der Waals surface area contributed by atoms with Crippen LogP contribution < -0.4 is 5.32 Å². The van der Waals surface area contributed by atoms with E-state index in [0.29, 0.717) is 6.04 Å². The molecule has 1 atom stereocenters. The minimum absolute atomic E-state index is 0.148. The van der Waals surface area contributed by atoms with Gasteiger partial charge in [0.25, 0.3) is 0 Å². The van der Waals surface area contributed by atoms with Gasteiger partial charge in [0, 0.05) is 29.9 Å². The van der Waals surface area contributed by atoms with E-state index in [9.17, 15) is 4.79 Å². The molecular formula is C16H27N3O2. The van der Waals surface area contributed by atoms with Crippen molar-refractivity contribution in [1.82, 2.24) is 15.1 Å². The summed E-state index contributed by atoms with van der Waals surface area (Å²) >= 11 is 0. The van der Waals surface area contributed by atoms with Gasteiger partial charge < -0.3 is 10.4 Å². The third-order valence-electron chi connectivity index (χ3n) is 4.73. The molecule has 0 aliphatic heterocycles. The van der Waals surface area contributed by atoms with Crippen LogP contribution in [-0.4, -0.2) is 26.9 Å². The molecule has 0 saturated heterocycles. The molecule has 0 amide bonds. The Morgan fingerprint density at radius 3 is 2.48 bits per heavy atom. The number of carboxylic acid groups (broad SMARTS) is 1. The molecule has 1 aromatic rings. The fourth-order valence-electron chi connectivity index (χ4n) is 3.59. The Morgan fingerprint density at radius 1 is 1.38 bits per heavy atom. The zero-order chi connectivity index (χ0) is 15.6. The summed E-state index contributed by atoms with van der Waals surface area (Å²) in [5, 5.41) is 17.3. The number of hydrogen-bond acceptors (Lipinski definition) is 3. The van der Waals surface area contributed by atoms with Crippen molar-refractivity contribution in [2.45, 2.75) is 72.0 Å². The zero-order valence-electron chi connectivity index (χ0n) is 13.5. The van der Waals surface area contributed by atoms with Crippen LogP contribution in [0.2, 0.25) is 0 Å². The molecule has 0 spiro atoms. The number of nitrogens with one attached hydrogen (secondary N) is 1. The first-order chi connectivity index (χ1) is 9.93. The van der Waals surface area contributed by atoms with Crippen molar-refractivity contribution in [2.75, 3.05) is 0 Å². The third-order valence-corrected chi connectivity index (χ3v) is 4.73. The van der Waals surface area contributed by atoms with Gasteiger partial charge in [-0.1, -0.05) is 0 Å². The van der Waals surface area contributed by atoms with Crippen LogP contribution >= 0.6 is 0 Å². The van der Waals surface area contributed by atoms with Gasteiger partial charge >= 0.3 is 5.97 Å². The van der Waals surface area contributed by atoms with E-state index < -0.39 is 5.97 Å². The topological polar surface area (TPSA) is 67.2 Å². The summed E-state index contributed by atoms with van der Waals surface area (Å²) in [6.45, 7) is 9.37. The lowest BCUT2D eigenvalue weighted by Gasteiger charge is -2.29. The van der Waals surface area contributed by atoms with Crippen molar-refractivity contribution >= 4 is 5.97 Å². The van der Waals surface area contributed by atoms with Gasteiger partial charge in [-0.2, -0.15) is 5.10 Å². The van der Waals surface area contributed by atoms with Crippen LogP contribution in [0.3, 0.4) is 0 Å². The Kier molecular flexibility index (Phi) is 5.04. The maximum absolute atomic E-state index is 11.0. The van der Waals surface area contributed by atoms with Gasteiger partial charge in [0.05, 0.1) is 11.6 Å². The molecule has 1 saturated carbocycles. The molecule has 2 N–H and O–H groups in total. The highest BCUT2D eigenvalue weighted by atomic mass is 16.4. The SMILES string of the molecule is CCn1nc(C)c(C(C)NC2CCC(C(=O)O)CC2)c1C. The minimum Gasteiger partial charge on any atom is -0.481 e. The van der Waals surface area contributed by atoms with Crippen molar-refractivity contribution in [2.24, 2.45) is 5.92 Å². The lowest BCUT2D eigenvalue weighted by atomic mass is 9.85. The maximum Gasteiger partial charge on any atom is 0.306 e. The molecule has 1 unspecified atom stereocenters. The molecule has 0 radical (unpaired) electrons. The Bertz CT molecular complexity index is 502. The number of carboxylic acids is 1. The van der Waals surface area contributed by atoms with Gasteiger partial charge in [0.2, 0.25) is 0 Å². The highest BCUT2D eigenvalue weighted by Crippen LogP contribution is 2.28. The average Bonchev–Trinajstić information content (AvgIpc) is 2.73. The lowest BCUT2D eigenvalue weighted by molar-refractivity contribution is -0.142. The minimum atomic E-state index is -0.641. The fourth-order valence-corrected chi connectivity index (χ4v) is 3.59. The van der Waals surface area contributed by atoms with Crippen molar-refractivity contribution in [1.29, 1.82) is 0 Å². The standard InChI is InChI=1S/C16H27N3O2/c1-5-19-12(4)15(11(3)18-19)10(2)17-14-8-6-13(7-9-14)16(20)21/h10,13-14,17H,5-9H2,1-4H3,(H,20,21). The third kappa shape index (κ3) is 3.46. The fraction of sp³-hybridized carbons (Fsp3) is 0.750. The van der Waals surface area contributed by atoms with Gasteiger partial charge in [-0.05, 0) is 53.4 Å². The van der Waals surface area contributed by atoms with E-state index in [0.717, 1.165) is 37.9 Å². The van der Waals surface area contributed by atoms with E-state index in [4.69, 9.17) is 5.11 Å². The normalized spacial score (nSPS) is 24.0. The van der Waals surface area contributed by atoms with Crippen LogP contribution in [-0.2, 0) is 11.3 Å². The predicted molar refractivity (Wildman–Crippen MR) is 82.3 cm³/mol. The van der Waals surface area contributed by atoms with Crippen LogP contribution in [0.1, 0.15) is 62.5 Å². The van der Waals surface area contributed by atoms with Gasteiger partial charge in [-0.3, -0.25) is 9.48 Å². The van der Waals surface area contributed by atoms with E-state index in [1.807, 2.05) is 4.68 Å². The van der Waals surface area contributed by atoms with Gasteiger partial charge in [0.15, 0.2) is 0 Å². The van der Waals surface area contributed by atoms with E-state index >= 15 is 0 Å². The molecular weight excluding hydrogens is 266 g/mol. The molecule has 1 heterocycles. The highest BCUT2D eigenvalue weighted by Gasteiger charge is 2.27. The predicted octanol–water partition coefficient (Wildman–Crippen LogP) is 2.81. The number of aryl methyl sites for hydroxylation is 2. The molecule has 0 aromatic carbocycles. The molecule has 1 fully saturated rings. The molecule has 1 aliphatic carbocycles. The summed E-state index contributed by atoms with van der Waals surface area (Å²) in [6.07, 6.45) is 3.46. The van der Waals surface area contributed by atoms with E-state index in [2.05, 4.69) is 38.1 Å². The number of aromatic nitrogens is 2. The molecule has 0 bridgehead atoms. The van der Waals surface area contributed by atoms with Crippen molar-refractivity contribution in [3.63, 3.8) is 0 Å². The quantitative estimate of drug-likeness (QED) is 0.876. The first-order valence-electron chi connectivity index (χ1n) is 7.96. The number of rotatable bonds is 5. The Hall–Kier alpha value is -1.36. The number of carbonyl (C=O) groups is 1. The first kappa shape index (κ1) is 16.0. The largest absolute Gasteiger partial charge is 0.481 e. The number of nitrogens with zero attached hydrogens (tertiary/aromatic N) is 2. The molecule has 118 valence electrons. The van der Waals surface area contributed by atoms with Crippen molar-refractivity contribution < 1.29 is 9.90 Å². The number of aliphatic carboxylic acids is 1. The van der Waals surface area contributed by atoms with E-state index in [-0.39, 0.29) is 12.0 Å². The van der Waals surface area contributed by atoms with Gasteiger partial charge in [-0.25, -0.2) is 0 Å². The summed E-state index contributed by atoms with van der Waals surface area (Å²) < 4.78 is 2.05. The van der Waals surface area contributed by atoms with Crippen LogP contribution in [0.25, 0.3) is 0 Å². The molecule has 2 rings (SSSR count). The average molecular weight is 293 g/mol. The van der Waals surface area contributed by atoms with Crippen molar-refractivity contribution in [3.05, 3.63) is 17.0 Å². The van der Waals surface area contributed by atoms with Crippen LogP contribution in [0.15, 0.2) is 0 Å².